The van der Waals surface area contributed by atoms with Crippen molar-refractivity contribution in [3.8, 4) is 0 Å². The zero-order valence-electron chi connectivity index (χ0n) is 10.9. The lowest BCUT2D eigenvalue weighted by molar-refractivity contribution is -0.122. The van der Waals surface area contributed by atoms with Gasteiger partial charge in [-0.15, -0.1) is 11.8 Å². The van der Waals surface area contributed by atoms with Crippen LogP contribution in [0.2, 0.25) is 0 Å². The van der Waals surface area contributed by atoms with Gasteiger partial charge in [-0.3, -0.25) is 4.79 Å². The van der Waals surface area contributed by atoms with E-state index in [0.717, 1.165) is 4.90 Å². The average molecular weight is 315 g/mol. The molecule has 1 fully saturated rings. The van der Waals surface area contributed by atoms with Gasteiger partial charge in [0.2, 0.25) is 15.9 Å². The number of anilines is 1. The molecule has 0 aromatic heterocycles. The number of hydrogen-bond acceptors (Lipinski definition) is 5. The fourth-order valence-corrected chi connectivity index (χ4v) is 4.60. The van der Waals surface area contributed by atoms with Crippen LogP contribution in [0.3, 0.4) is 0 Å². The minimum Gasteiger partial charge on any atom is -0.399 e. The molecular weight excluding hydrogens is 298 g/mol. The molecule has 3 N–H and O–H groups in total. The van der Waals surface area contributed by atoms with Crippen molar-refractivity contribution in [3.63, 3.8) is 0 Å². The summed E-state index contributed by atoms with van der Waals surface area (Å²) >= 11 is 1.44. The number of carbonyl (C=O) groups is 1. The van der Waals surface area contributed by atoms with Crippen molar-refractivity contribution >= 4 is 33.4 Å². The Labute approximate surface area is 122 Å². The molecule has 1 aliphatic rings. The van der Waals surface area contributed by atoms with Crippen molar-refractivity contribution in [1.82, 2.24) is 9.62 Å². The highest BCUT2D eigenvalue weighted by atomic mass is 32.2. The molecule has 0 saturated carbocycles. The molecule has 1 heterocycles. The van der Waals surface area contributed by atoms with E-state index in [-0.39, 0.29) is 18.2 Å². The Morgan fingerprint density at radius 3 is 2.90 bits per heavy atom. The van der Waals surface area contributed by atoms with E-state index in [1.54, 1.807) is 6.07 Å². The molecule has 1 amide bonds. The Kier molecular flexibility index (Phi) is 4.90. The number of benzene rings is 1. The molecule has 0 spiro atoms. The molecule has 8 heteroatoms. The third-order valence-corrected chi connectivity index (χ3v) is 5.94. The summed E-state index contributed by atoms with van der Waals surface area (Å²) in [6.07, 6.45) is 0. The molecule has 6 nitrogen and oxygen atoms in total. The summed E-state index contributed by atoms with van der Waals surface area (Å²) in [5.74, 6) is 0.201. The van der Waals surface area contributed by atoms with Crippen LogP contribution in [-0.2, 0) is 14.8 Å². The van der Waals surface area contributed by atoms with E-state index in [1.807, 2.05) is 18.2 Å². The number of nitrogens with one attached hydrogen (secondary N) is 1. The highest BCUT2D eigenvalue weighted by Crippen LogP contribution is 2.20. The number of thioether (sulfide) groups is 1. The SMILES string of the molecule is Nc1cccc(SCCS(=O)(=O)N2CCNC(=O)C2)c1. The van der Waals surface area contributed by atoms with Crippen molar-refractivity contribution in [3.05, 3.63) is 24.3 Å². The number of piperazine rings is 1. The van der Waals surface area contributed by atoms with Gasteiger partial charge >= 0.3 is 0 Å². The van der Waals surface area contributed by atoms with Crippen LogP contribution in [0.15, 0.2) is 29.2 Å². The molecular formula is C12H17N3O3S2. The number of sulfonamides is 1. The first-order valence-corrected chi connectivity index (χ1v) is 8.80. The van der Waals surface area contributed by atoms with Gasteiger partial charge in [-0.1, -0.05) is 6.07 Å². The van der Waals surface area contributed by atoms with Crippen molar-refractivity contribution in [2.75, 3.05) is 36.9 Å². The van der Waals surface area contributed by atoms with E-state index in [0.29, 0.717) is 24.5 Å². The fraction of sp³-hybridized carbons (Fsp3) is 0.417. The van der Waals surface area contributed by atoms with Crippen molar-refractivity contribution in [2.45, 2.75) is 4.90 Å². The molecule has 1 aromatic rings. The molecule has 0 unspecified atom stereocenters. The van der Waals surface area contributed by atoms with Gasteiger partial charge in [-0.05, 0) is 18.2 Å². The molecule has 1 saturated heterocycles. The summed E-state index contributed by atoms with van der Waals surface area (Å²) in [5.41, 5.74) is 6.32. The predicted octanol–water partition coefficient (Wildman–Crippen LogP) is 0.122. The van der Waals surface area contributed by atoms with Crippen LogP contribution in [0.5, 0.6) is 0 Å². The molecule has 0 aliphatic carbocycles. The Hall–Kier alpha value is -1.25. The van der Waals surface area contributed by atoms with Gasteiger partial charge in [0.15, 0.2) is 0 Å². The first-order chi connectivity index (χ1) is 9.47. The summed E-state index contributed by atoms with van der Waals surface area (Å²) in [5, 5.41) is 2.61. The van der Waals surface area contributed by atoms with Gasteiger partial charge in [0.1, 0.15) is 0 Å². The summed E-state index contributed by atoms with van der Waals surface area (Å²) in [6, 6.07) is 7.32. The second kappa shape index (κ2) is 6.47. The molecule has 110 valence electrons. The number of amides is 1. The maximum atomic E-state index is 12.1. The molecule has 2 rings (SSSR count). The third kappa shape index (κ3) is 4.12. The zero-order chi connectivity index (χ0) is 14.6. The lowest BCUT2D eigenvalue weighted by Gasteiger charge is -2.25. The number of hydrogen-bond donors (Lipinski definition) is 2. The van der Waals surface area contributed by atoms with Gasteiger partial charge in [0.25, 0.3) is 0 Å². The molecule has 20 heavy (non-hydrogen) atoms. The summed E-state index contributed by atoms with van der Waals surface area (Å²) in [6.45, 7) is 0.642. The van der Waals surface area contributed by atoms with E-state index in [2.05, 4.69) is 5.32 Å². The van der Waals surface area contributed by atoms with E-state index in [9.17, 15) is 13.2 Å². The van der Waals surface area contributed by atoms with E-state index in [1.165, 1.54) is 16.1 Å². The summed E-state index contributed by atoms with van der Waals surface area (Å²) in [4.78, 5) is 12.2. The molecule has 1 aliphatic heterocycles. The second-order valence-electron chi connectivity index (χ2n) is 4.42. The lowest BCUT2D eigenvalue weighted by Crippen LogP contribution is -2.50. The van der Waals surface area contributed by atoms with Crippen LogP contribution >= 0.6 is 11.8 Å². The Balaban J connectivity index is 1.87. The standard InChI is InChI=1S/C12H17N3O3S2/c13-10-2-1-3-11(8-10)19-6-7-20(17,18)15-5-4-14-12(16)9-15/h1-3,8H,4-7,9,13H2,(H,14,16). The first-order valence-electron chi connectivity index (χ1n) is 6.20. The van der Waals surface area contributed by atoms with Crippen molar-refractivity contribution in [2.24, 2.45) is 0 Å². The highest BCUT2D eigenvalue weighted by Gasteiger charge is 2.26. The number of nitrogen functional groups attached to an aromatic ring is 1. The normalized spacial score (nSPS) is 16.9. The third-order valence-electron chi connectivity index (χ3n) is 2.86. The maximum absolute atomic E-state index is 12.1. The maximum Gasteiger partial charge on any atom is 0.235 e. The van der Waals surface area contributed by atoms with Crippen molar-refractivity contribution in [1.29, 1.82) is 0 Å². The number of rotatable bonds is 5. The van der Waals surface area contributed by atoms with E-state index < -0.39 is 10.0 Å². The van der Waals surface area contributed by atoms with Crippen LogP contribution in [0.25, 0.3) is 0 Å². The van der Waals surface area contributed by atoms with Crippen LogP contribution in [-0.4, -0.2) is 49.8 Å². The topological polar surface area (TPSA) is 92.5 Å². The van der Waals surface area contributed by atoms with Gasteiger partial charge in [-0.25, -0.2) is 8.42 Å². The van der Waals surface area contributed by atoms with Crippen LogP contribution in [0, 0.1) is 0 Å². The lowest BCUT2D eigenvalue weighted by atomic mass is 10.3. The van der Waals surface area contributed by atoms with Crippen LogP contribution in [0.1, 0.15) is 0 Å². The molecule has 0 atom stereocenters. The second-order valence-corrected chi connectivity index (χ2v) is 7.68. The van der Waals surface area contributed by atoms with Gasteiger partial charge in [0, 0.05) is 29.4 Å². The predicted molar refractivity (Wildman–Crippen MR) is 79.9 cm³/mol. The minimum absolute atomic E-state index is 0.0136. The average Bonchev–Trinajstić information content (AvgIpc) is 2.38. The summed E-state index contributed by atoms with van der Waals surface area (Å²) < 4.78 is 25.4. The number of carbonyl (C=O) groups excluding carboxylic acids is 1. The monoisotopic (exact) mass is 315 g/mol. The number of nitrogens with zero attached hydrogens (tertiary/aromatic N) is 1. The molecule has 0 bridgehead atoms. The summed E-state index contributed by atoms with van der Waals surface area (Å²) in [7, 11) is -3.38. The Morgan fingerprint density at radius 2 is 2.20 bits per heavy atom. The largest absolute Gasteiger partial charge is 0.399 e. The number of nitrogens with two attached hydrogens (primary N) is 1. The van der Waals surface area contributed by atoms with Crippen LogP contribution in [0.4, 0.5) is 5.69 Å². The van der Waals surface area contributed by atoms with Gasteiger partial charge < -0.3 is 11.1 Å². The zero-order valence-corrected chi connectivity index (χ0v) is 12.5. The quantitative estimate of drug-likeness (QED) is 0.595. The molecule has 1 aromatic carbocycles. The van der Waals surface area contributed by atoms with Gasteiger partial charge in [0.05, 0.1) is 12.3 Å². The smallest absolute Gasteiger partial charge is 0.235 e. The van der Waals surface area contributed by atoms with Crippen molar-refractivity contribution < 1.29 is 13.2 Å². The van der Waals surface area contributed by atoms with E-state index in [4.69, 9.17) is 5.73 Å². The molecule has 0 radical (unpaired) electrons. The Bertz CT molecular complexity index is 589. The fourth-order valence-electron chi connectivity index (χ4n) is 1.85. The van der Waals surface area contributed by atoms with Crippen LogP contribution < -0.4 is 11.1 Å². The minimum atomic E-state index is -3.38. The van der Waals surface area contributed by atoms with E-state index >= 15 is 0 Å². The Morgan fingerprint density at radius 1 is 1.40 bits per heavy atom. The highest BCUT2D eigenvalue weighted by molar-refractivity contribution is 8.00. The first kappa shape index (κ1) is 15.1. The van der Waals surface area contributed by atoms with Gasteiger partial charge in [-0.2, -0.15) is 4.31 Å².